The molecule has 1 fully saturated rings. The number of carbonyl (C=O) groups is 2. The Morgan fingerprint density at radius 2 is 2.22 bits per heavy atom. The third kappa shape index (κ3) is 4.23. The van der Waals surface area contributed by atoms with Crippen molar-refractivity contribution in [3.8, 4) is 0 Å². The number of hydrogen-bond donors (Lipinski definition) is 1. The van der Waals surface area contributed by atoms with Crippen molar-refractivity contribution in [2.45, 2.75) is 51.4 Å². The van der Waals surface area contributed by atoms with Crippen LogP contribution in [-0.2, 0) is 17.9 Å². The molecule has 2 heterocycles. The molecule has 1 N–H and O–H groups in total. The minimum atomic E-state index is -0.359. The maximum absolute atomic E-state index is 12.7. The lowest BCUT2D eigenvalue weighted by Crippen LogP contribution is -2.49. The maximum Gasteiger partial charge on any atom is 0.280 e. The Hall–Kier alpha value is -2.16. The quantitative estimate of drug-likeness (QED) is 0.470. The molecule has 0 saturated heterocycles. The van der Waals surface area contributed by atoms with Gasteiger partial charge in [0, 0.05) is 48.4 Å². The van der Waals surface area contributed by atoms with E-state index in [0.29, 0.717) is 30.8 Å². The molecule has 1 aromatic heterocycles. The first-order chi connectivity index (χ1) is 12.9. The van der Waals surface area contributed by atoms with Crippen molar-refractivity contribution in [3.05, 3.63) is 26.0 Å². The van der Waals surface area contributed by atoms with Gasteiger partial charge in [-0.25, -0.2) is 4.98 Å². The molecule has 0 spiro atoms. The summed E-state index contributed by atoms with van der Waals surface area (Å²) in [4.78, 5) is 37.6. The highest BCUT2D eigenvalue weighted by atomic mass is 32.1. The van der Waals surface area contributed by atoms with Crippen LogP contribution >= 0.6 is 11.3 Å². The third-order valence-corrected chi connectivity index (χ3v) is 6.42. The largest absolute Gasteiger partial charge is 0.347 e. The number of amides is 2. The van der Waals surface area contributed by atoms with Gasteiger partial charge in [0.25, 0.3) is 5.91 Å². The van der Waals surface area contributed by atoms with Crippen LogP contribution in [0.2, 0.25) is 0 Å². The second kappa shape index (κ2) is 8.24. The first kappa shape index (κ1) is 19.6. The molecule has 0 radical (unpaired) electrons. The molecule has 2 amide bonds. The third-order valence-electron chi connectivity index (χ3n) is 5.34. The molecular weight excluding hydrogens is 366 g/mol. The molecule has 0 aromatic carbocycles. The van der Waals surface area contributed by atoms with Crippen LogP contribution in [0.1, 0.15) is 46.6 Å². The van der Waals surface area contributed by atoms with Gasteiger partial charge in [0.1, 0.15) is 0 Å². The Morgan fingerprint density at radius 1 is 1.44 bits per heavy atom. The molecule has 1 saturated carbocycles. The topological polar surface area (TPSA) is 114 Å². The summed E-state index contributed by atoms with van der Waals surface area (Å²) >= 11 is 1.41. The summed E-state index contributed by atoms with van der Waals surface area (Å²) in [7, 11) is 3.80. The monoisotopic (exact) mass is 391 g/mol. The van der Waals surface area contributed by atoms with Crippen LogP contribution in [-0.4, -0.2) is 59.3 Å². The van der Waals surface area contributed by atoms with E-state index in [9.17, 15) is 9.59 Å². The van der Waals surface area contributed by atoms with Gasteiger partial charge in [-0.05, 0) is 38.8 Å². The van der Waals surface area contributed by atoms with Gasteiger partial charge in [-0.3, -0.25) is 14.5 Å². The van der Waals surface area contributed by atoms with Gasteiger partial charge in [-0.1, -0.05) is 5.11 Å². The normalized spacial score (nSPS) is 24.8. The summed E-state index contributed by atoms with van der Waals surface area (Å²) in [6, 6.07) is -0.698. The smallest absolute Gasteiger partial charge is 0.280 e. The van der Waals surface area contributed by atoms with Crippen molar-refractivity contribution in [2.75, 3.05) is 20.6 Å². The molecule has 2 aliphatic rings. The summed E-state index contributed by atoms with van der Waals surface area (Å²) in [5.41, 5.74) is 9.81. The number of aromatic nitrogens is 1. The van der Waals surface area contributed by atoms with Crippen LogP contribution in [0.25, 0.3) is 10.4 Å². The highest BCUT2D eigenvalue weighted by molar-refractivity contribution is 7.13. The summed E-state index contributed by atoms with van der Waals surface area (Å²) < 4.78 is 0. The Balaban J connectivity index is 1.71. The van der Waals surface area contributed by atoms with E-state index in [1.54, 1.807) is 11.9 Å². The zero-order valence-corrected chi connectivity index (χ0v) is 16.7. The van der Waals surface area contributed by atoms with Gasteiger partial charge in [-0.15, -0.1) is 11.3 Å². The van der Waals surface area contributed by atoms with Gasteiger partial charge in [0.05, 0.1) is 11.7 Å². The molecule has 0 bridgehead atoms. The number of fused-ring (bicyclic) bond motifs is 1. The zero-order chi connectivity index (χ0) is 19.6. The van der Waals surface area contributed by atoms with Crippen LogP contribution < -0.4 is 5.32 Å². The number of azide groups is 1. The zero-order valence-electron chi connectivity index (χ0n) is 15.9. The molecule has 3 rings (SSSR count). The second-order valence-corrected chi connectivity index (χ2v) is 8.36. The molecule has 9 nitrogen and oxygen atoms in total. The maximum atomic E-state index is 12.7. The van der Waals surface area contributed by atoms with Crippen molar-refractivity contribution in [2.24, 2.45) is 11.0 Å². The highest BCUT2D eigenvalue weighted by Crippen LogP contribution is 2.30. The van der Waals surface area contributed by atoms with E-state index in [-0.39, 0.29) is 29.8 Å². The van der Waals surface area contributed by atoms with Crippen molar-refractivity contribution >= 4 is 23.2 Å². The highest BCUT2D eigenvalue weighted by Gasteiger charge is 2.36. The van der Waals surface area contributed by atoms with Gasteiger partial charge in [-0.2, -0.15) is 0 Å². The van der Waals surface area contributed by atoms with E-state index in [0.717, 1.165) is 23.7 Å². The lowest BCUT2D eigenvalue weighted by Gasteiger charge is -2.35. The van der Waals surface area contributed by atoms with Crippen LogP contribution in [0.15, 0.2) is 5.11 Å². The predicted molar refractivity (Wildman–Crippen MR) is 102 cm³/mol. The van der Waals surface area contributed by atoms with E-state index in [2.05, 4.69) is 25.2 Å². The predicted octanol–water partition coefficient (Wildman–Crippen LogP) is 2.14. The molecule has 1 aliphatic heterocycles. The minimum Gasteiger partial charge on any atom is -0.347 e. The Morgan fingerprint density at radius 3 is 2.89 bits per heavy atom. The fraction of sp³-hybridized carbons (Fsp3) is 0.706. The standard InChI is InChI=1S/C17H25N7O2S/c1-4-24(3)17(26)10-5-6-11(21-22-18)12(7-10)19-15(25)16-20-13-8-23(2)9-14(13)27-16/h10-12H,4-9H2,1-3H3,(H,19,25)/t10-,11?,12+/m0/s1. The minimum absolute atomic E-state index is 0.0763. The lowest BCUT2D eigenvalue weighted by molar-refractivity contribution is -0.135. The molecule has 3 atom stereocenters. The molecule has 1 aliphatic carbocycles. The van der Waals surface area contributed by atoms with Crippen LogP contribution in [0, 0.1) is 5.92 Å². The summed E-state index contributed by atoms with van der Waals surface area (Å²) in [5, 5.41) is 7.26. The van der Waals surface area contributed by atoms with Crippen molar-refractivity contribution in [1.82, 2.24) is 20.1 Å². The van der Waals surface area contributed by atoms with Gasteiger partial charge in [0.15, 0.2) is 5.01 Å². The molecule has 10 heteroatoms. The van der Waals surface area contributed by atoms with Crippen molar-refractivity contribution in [1.29, 1.82) is 0 Å². The van der Waals surface area contributed by atoms with Crippen molar-refractivity contribution < 1.29 is 9.59 Å². The lowest BCUT2D eigenvalue weighted by atomic mass is 9.81. The Bertz CT molecular complexity index is 750. The summed E-state index contributed by atoms with van der Waals surface area (Å²) in [5.74, 6) is -0.343. The number of hydrogen-bond acceptors (Lipinski definition) is 6. The van der Waals surface area contributed by atoms with Crippen molar-refractivity contribution in [3.63, 3.8) is 0 Å². The van der Waals surface area contributed by atoms with Gasteiger partial charge < -0.3 is 10.2 Å². The van der Waals surface area contributed by atoms with E-state index >= 15 is 0 Å². The van der Waals surface area contributed by atoms with E-state index in [1.165, 1.54) is 11.3 Å². The van der Waals surface area contributed by atoms with E-state index < -0.39 is 0 Å². The first-order valence-corrected chi connectivity index (χ1v) is 10.0. The average Bonchev–Trinajstić information content (AvgIpc) is 3.19. The first-order valence-electron chi connectivity index (χ1n) is 9.20. The van der Waals surface area contributed by atoms with Crippen LogP contribution in [0.4, 0.5) is 0 Å². The Kier molecular flexibility index (Phi) is 5.98. The summed E-state index contributed by atoms with van der Waals surface area (Å²) in [6.07, 6.45) is 1.73. The summed E-state index contributed by atoms with van der Waals surface area (Å²) in [6.45, 7) is 4.14. The van der Waals surface area contributed by atoms with Crippen LogP contribution in [0.5, 0.6) is 0 Å². The number of nitrogens with one attached hydrogen (secondary N) is 1. The fourth-order valence-corrected chi connectivity index (χ4v) is 4.77. The number of carbonyl (C=O) groups excluding carboxylic acids is 2. The number of rotatable bonds is 5. The van der Waals surface area contributed by atoms with Gasteiger partial charge >= 0.3 is 0 Å². The molecule has 27 heavy (non-hydrogen) atoms. The average molecular weight is 392 g/mol. The van der Waals surface area contributed by atoms with Crippen LogP contribution in [0.3, 0.4) is 0 Å². The molecule has 1 aromatic rings. The second-order valence-electron chi connectivity index (χ2n) is 7.28. The van der Waals surface area contributed by atoms with E-state index in [4.69, 9.17) is 5.53 Å². The number of nitrogens with zero attached hydrogens (tertiary/aromatic N) is 6. The molecular formula is C17H25N7O2S. The molecule has 146 valence electrons. The fourth-order valence-electron chi connectivity index (χ4n) is 3.72. The Labute approximate surface area is 162 Å². The SMILES string of the molecule is CCN(C)C(=O)[C@H]1CCC(N=[N+]=[N-])[C@H](NC(=O)c2nc3c(s2)CN(C)C3)C1. The molecule has 1 unspecified atom stereocenters. The number of thiazole rings is 1. The van der Waals surface area contributed by atoms with Gasteiger partial charge in [0.2, 0.25) is 5.91 Å². The van der Waals surface area contributed by atoms with E-state index in [1.807, 2.05) is 14.0 Å².